The largest absolute Gasteiger partial charge is 0.308 e. The SMILES string of the molecule is CC(C)CCN1CC2(CCCCC2)NCC1CC(C)C. The standard InChI is InChI=1S/C18H36N2/c1-15(2)8-11-20-14-18(9-6-5-7-10-18)19-13-17(20)12-16(3)4/h15-17,19H,5-14H2,1-4H3. The van der Waals surface area contributed by atoms with Gasteiger partial charge in [-0.3, -0.25) is 4.90 Å². The predicted molar refractivity (Wildman–Crippen MR) is 88.1 cm³/mol. The first-order valence-electron chi connectivity index (χ1n) is 9.00. The minimum atomic E-state index is 0.461. The third kappa shape index (κ3) is 4.46. The molecule has 0 radical (unpaired) electrons. The first-order chi connectivity index (χ1) is 9.51. The van der Waals surface area contributed by atoms with Gasteiger partial charge in [0, 0.05) is 24.7 Å². The topological polar surface area (TPSA) is 15.3 Å². The molecule has 1 saturated heterocycles. The van der Waals surface area contributed by atoms with Crippen molar-refractivity contribution in [3.63, 3.8) is 0 Å². The van der Waals surface area contributed by atoms with Crippen LogP contribution in [0.25, 0.3) is 0 Å². The van der Waals surface area contributed by atoms with Gasteiger partial charge in [0.05, 0.1) is 0 Å². The molecular formula is C18H36N2. The molecule has 2 aliphatic rings. The first-order valence-corrected chi connectivity index (χ1v) is 9.00. The predicted octanol–water partition coefficient (Wildman–Crippen LogP) is 4.06. The molecule has 2 heteroatoms. The Morgan fingerprint density at radius 2 is 1.75 bits per heavy atom. The van der Waals surface area contributed by atoms with Crippen LogP contribution >= 0.6 is 0 Å². The fourth-order valence-electron chi connectivity index (χ4n) is 4.06. The quantitative estimate of drug-likeness (QED) is 0.817. The zero-order valence-electron chi connectivity index (χ0n) is 14.3. The number of nitrogens with zero attached hydrogens (tertiary/aromatic N) is 1. The number of rotatable bonds is 5. The lowest BCUT2D eigenvalue weighted by molar-refractivity contribution is 0.0440. The smallest absolute Gasteiger partial charge is 0.0309 e. The van der Waals surface area contributed by atoms with Crippen molar-refractivity contribution in [2.24, 2.45) is 11.8 Å². The van der Waals surface area contributed by atoms with Crippen molar-refractivity contribution < 1.29 is 0 Å². The van der Waals surface area contributed by atoms with Crippen LogP contribution in [0.5, 0.6) is 0 Å². The molecule has 1 spiro atoms. The molecule has 1 saturated carbocycles. The normalized spacial score (nSPS) is 27.6. The van der Waals surface area contributed by atoms with E-state index in [1.165, 1.54) is 64.6 Å². The Labute approximate surface area is 126 Å². The van der Waals surface area contributed by atoms with Gasteiger partial charge in [0.2, 0.25) is 0 Å². The molecule has 1 unspecified atom stereocenters. The molecule has 0 bridgehead atoms. The van der Waals surface area contributed by atoms with Gasteiger partial charge in [0.15, 0.2) is 0 Å². The molecule has 118 valence electrons. The summed E-state index contributed by atoms with van der Waals surface area (Å²) in [6.45, 7) is 13.3. The highest BCUT2D eigenvalue weighted by molar-refractivity contribution is 4.99. The van der Waals surface area contributed by atoms with Gasteiger partial charge in [-0.25, -0.2) is 0 Å². The van der Waals surface area contributed by atoms with Crippen molar-refractivity contribution in [2.45, 2.75) is 84.2 Å². The van der Waals surface area contributed by atoms with Crippen LogP contribution in [0.4, 0.5) is 0 Å². The lowest BCUT2D eigenvalue weighted by atomic mass is 9.78. The van der Waals surface area contributed by atoms with E-state index in [9.17, 15) is 0 Å². The summed E-state index contributed by atoms with van der Waals surface area (Å²) in [6, 6.07) is 0.765. The molecule has 2 nitrogen and oxygen atoms in total. The maximum Gasteiger partial charge on any atom is 0.0309 e. The minimum absolute atomic E-state index is 0.461. The van der Waals surface area contributed by atoms with Gasteiger partial charge in [-0.1, -0.05) is 47.0 Å². The van der Waals surface area contributed by atoms with Crippen LogP contribution in [0, 0.1) is 11.8 Å². The van der Waals surface area contributed by atoms with Crippen molar-refractivity contribution in [3.05, 3.63) is 0 Å². The van der Waals surface area contributed by atoms with Crippen molar-refractivity contribution >= 4 is 0 Å². The van der Waals surface area contributed by atoms with E-state index in [0.717, 1.165) is 17.9 Å². The van der Waals surface area contributed by atoms with Crippen LogP contribution < -0.4 is 5.32 Å². The summed E-state index contributed by atoms with van der Waals surface area (Å²) in [5, 5.41) is 3.97. The number of hydrogen-bond acceptors (Lipinski definition) is 2. The van der Waals surface area contributed by atoms with Crippen LogP contribution in [0.15, 0.2) is 0 Å². The molecule has 0 amide bonds. The Morgan fingerprint density at radius 1 is 1.05 bits per heavy atom. The van der Waals surface area contributed by atoms with E-state index in [1.54, 1.807) is 0 Å². The van der Waals surface area contributed by atoms with E-state index in [-0.39, 0.29) is 0 Å². The Kier molecular flexibility index (Phi) is 5.92. The van der Waals surface area contributed by atoms with E-state index in [1.807, 2.05) is 0 Å². The van der Waals surface area contributed by atoms with E-state index >= 15 is 0 Å². The third-order valence-corrected chi connectivity index (χ3v) is 5.28. The highest BCUT2D eigenvalue weighted by Gasteiger charge is 2.39. The second-order valence-corrected chi connectivity index (χ2v) is 8.16. The van der Waals surface area contributed by atoms with Crippen LogP contribution in [-0.2, 0) is 0 Å². The number of piperazine rings is 1. The molecule has 0 aromatic heterocycles. The summed E-state index contributed by atoms with van der Waals surface area (Å²) in [7, 11) is 0. The highest BCUT2D eigenvalue weighted by atomic mass is 15.3. The lowest BCUT2D eigenvalue weighted by Crippen LogP contribution is -2.65. The van der Waals surface area contributed by atoms with E-state index < -0.39 is 0 Å². The van der Waals surface area contributed by atoms with E-state index in [0.29, 0.717) is 5.54 Å². The van der Waals surface area contributed by atoms with Crippen LogP contribution in [0.1, 0.15) is 72.6 Å². The molecule has 1 heterocycles. The van der Waals surface area contributed by atoms with Gasteiger partial charge in [-0.15, -0.1) is 0 Å². The molecule has 2 fully saturated rings. The Bertz CT molecular complexity index is 279. The Balaban J connectivity index is 1.97. The third-order valence-electron chi connectivity index (χ3n) is 5.28. The van der Waals surface area contributed by atoms with Crippen molar-refractivity contribution in [2.75, 3.05) is 19.6 Å². The second-order valence-electron chi connectivity index (χ2n) is 8.16. The van der Waals surface area contributed by atoms with Crippen LogP contribution in [0.3, 0.4) is 0 Å². The molecule has 0 aromatic rings. The van der Waals surface area contributed by atoms with Gasteiger partial charge in [-0.05, 0) is 44.1 Å². The van der Waals surface area contributed by atoms with Gasteiger partial charge in [0.25, 0.3) is 0 Å². The molecule has 1 aliphatic heterocycles. The fourth-order valence-corrected chi connectivity index (χ4v) is 4.06. The number of hydrogen-bond donors (Lipinski definition) is 1. The van der Waals surface area contributed by atoms with Gasteiger partial charge in [-0.2, -0.15) is 0 Å². The Hall–Kier alpha value is -0.0800. The van der Waals surface area contributed by atoms with Gasteiger partial charge in [0.1, 0.15) is 0 Å². The number of nitrogens with one attached hydrogen (secondary N) is 1. The summed E-state index contributed by atoms with van der Waals surface area (Å²) in [5.74, 6) is 1.63. The van der Waals surface area contributed by atoms with Crippen LogP contribution in [0.2, 0.25) is 0 Å². The maximum atomic E-state index is 3.97. The zero-order chi connectivity index (χ0) is 14.6. The summed E-state index contributed by atoms with van der Waals surface area (Å²) in [6.07, 6.45) is 9.82. The Morgan fingerprint density at radius 3 is 2.35 bits per heavy atom. The summed E-state index contributed by atoms with van der Waals surface area (Å²) in [4.78, 5) is 2.84. The van der Waals surface area contributed by atoms with Crippen molar-refractivity contribution in [3.8, 4) is 0 Å². The van der Waals surface area contributed by atoms with Crippen molar-refractivity contribution in [1.29, 1.82) is 0 Å². The van der Waals surface area contributed by atoms with E-state index in [2.05, 4.69) is 37.9 Å². The average molecular weight is 280 g/mol. The maximum absolute atomic E-state index is 3.97. The molecule has 1 atom stereocenters. The molecule has 1 aliphatic carbocycles. The molecule has 2 rings (SSSR count). The first kappa shape index (κ1) is 16.3. The lowest BCUT2D eigenvalue weighted by Gasteiger charge is -2.50. The fraction of sp³-hybridized carbons (Fsp3) is 1.00. The van der Waals surface area contributed by atoms with E-state index in [4.69, 9.17) is 0 Å². The molecule has 0 aromatic carbocycles. The van der Waals surface area contributed by atoms with Crippen molar-refractivity contribution in [1.82, 2.24) is 10.2 Å². The molecule has 1 N–H and O–H groups in total. The van der Waals surface area contributed by atoms with Gasteiger partial charge >= 0.3 is 0 Å². The summed E-state index contributed by atoms with van der Waals surface area (Å²) < 4.78 is 0. The monoisotopic (exact) mass is 280 g/mol. The van der Waals surface area contributed by atoms with Crippen LogP contribution in [-0.4, -0.2) is 36.1 Å². The average Bonchev–Trinajstić information content (AvgIpc) is 2.40. The summed E-state index contributed by atoms with van der Waals surface area (Å²) in [5.41, 5.74) is 0.461. The molecule has 20 heavy (non-hydrogen) atoms. The minimum Gasteiger partial charge on any atom is -0.308 e. The molecular weight excluding hydrogens is 244 g/mol. The zero-order valence-corrected chi connectivity index (χ0v) is 14.3. The highest BCUT2D eigenvalue weighted by Crippen LogP contribution is 2.33. The van der Waals surface area contributed by atoms with Gasteiger partial charge < -0.3 is 5.32 Å². The second kappa shape index (κ2) is 7.26. The summed E-state index contributed by atoms with van der Waals surface area (Å²) >= 11 is 0.